The molecule has 1 aliphatic heterocycles. The molecule has 7 nitrogen and oxygen atoms in total. The van der Waals surface area contributed by atoms with Crippen LogP contribution in [0.25, 0.3) is 0 Å². The summed E-state index contributed by atoms with van der Waals surface area (Å²) in [7, 11) is 0. The average Bonchev–Trinajstić information content (AvgIpc) is 2.77. The average molecular weight is 435 g/mol. The summed E-state index contributed by atoms with van der Waals surface area (Å²) < 4.78 is 13.0. The summed E-state index contributed by atoms with van der Waals surface area (Å²) in [6.45, 7) is 8.99. The number of benzene rings is 2. The molecular formula is C21H27FN4O3S. The third-order valence-electron chi connectivity index (χ3n) is 4.38. The fourth-order valence-electron chi connectivity index (χ4n) is 2.88. The zero-order valence-electron chi connectivity index (χ0n) is 17.2. The molecule has 9 heteroatoms. The molecule has 2 aromatic carbocycles. The minimum Gasteiger partial charge on any atom is -0.351 e. The minimum atomic E-state index is -0.511. The number of hydrogen-bond donors (Lipinski definition) is 2. The van der Waals surface area contributed by atoms with Crippen LogP contribution in [0, 0.1) is 15.9 Å². The number of amides is 1. The number of piperazine rings is 1. The van der Waals surface area contributed by atoms with E-state index in [9.17, 15) is 19.3 Å². The zero-order valence-corrected chi connectivity index (χ0v) is 18.0. The third-order valence-corrected chi connectivity index (χ3v) is 5.46. The van der Waals surface area contributed by atoms with Crippen molar-refractivity contribution in [2.45, 2.75) is 23.6 Å². The molecule has 0 aliphatic carbocycles. The second kappa shape index (κ2) is 12.3. The van der Waals surface area contributed by atoms with Gasteiger partial charge in [0.2, 0.25) is 0 Å². The monoisotopic (exact) mass is 434 g/mol. The lowest BCUT2D eigenvalue weighted by Gasteiger charge is -2.27. The van der Waals surface area contributed by atoms with Crippen LogP contribution in [0.1, 0.15) is 24.2 Å². The number of rotatable bonds is 7. The molecule has 1 fully saturated rings. The number of nitro benzene ring substituents is 1. The van der Waals surface area contributed by atoms with Crippen LogP contribution in [-0.4, -0.2) is 55.0 Å². The molecular weight excluding hydrogens is 407 g/mol. The number of nitrogens with zero attached hydrogens (tertiary/aromatic N) is 2. The van der Waals surface area contributed by atoms with Crippen molar-refractivity contribution < 1.29 is 14.1 Å². The van der Waals surface area contributed by atoms with E-state index in [1.165, 1.54) is 18.2 Å². The smallest absolute Gasteiger partial charge is 0.284 e. The molecule has 3 rings (SSSR count). The second-order valence-electron chi connectivity index (χ2n) is 6.34. The van der Waals surface area contributed by atoms with Crippen LogP contribution < -0.4 is 10.6 Å². The molecule has 1 heterocycles. The third kappa shape index (κ3) is 7.08. The normalized spacial score (nSPS) is 13.8. The van der Waals surface area contributed by atoms with Gasteiger partial charge in [-0.3, -0.25) is 19.8 Å². The first-order valence-electron chi connectivity index (χ1n) is 9.96. The van der Waals surface area contributed by atoms with E-state index in [0.29, 0.717) is 16.3 Å². The Morgan fingerprint density at radius 1 is 1.20 bits per heavy atom. The molecule has 0 saturated carbocycles. The number of halogens is 1. The Bertz CT molecular complexity index is 843. The topological polar surface area (TPSA) is 87.5 Å². The largest absolute Gasteiger partial charge is 0.351 e. The maximum Gasteiger partial charge on any atom is 0.284 e. The summed E-state index contributed by atoms with van der Waals surface area (Å²) in [5, 5.41) is 17.5. The quantitative estimate of drug-likeness (QED) is 0.512. The van der Waals surface area contributed by atoms with Crippen LogP contribution in [0.4, 0.5) is 10.1 Å². The summed E-state index contributed by atoms with van der Waals surface area (Å²) >= 11 is 1.16. The van der Waals surface area contributed by atoms with Crippen molar-refractivity contribution in [2.75, 3.05) is 39.3 Å². The van der Waals surface area contributed by atoms with Gasteiger partial charge < -0.3 is 10.6 Å². The lowest BCUT2D eigenvalue weighted by molar-refractivity contribution is -0.387. The first kappa shape index (κ1) is 23.8. The van der Waals surface area contributed by atoms with Crippen LogP contribution in [0.3, 0.4) is 0 Å². The lowest BCUT2D eigenvalue weighted by Crippen LogP contribution is -2.46. The first-order valence-corrected chi connectivity index (χ1v) is 10.8. The van der Waals surface area contributed by atoms with Gasteiger partial charge in [-0.25, -0.2) is 4.39 Å². The number of carbonyl (C=O) groups excluding carboxylic acids is 1. The van der Waals surface area contributed by atoms with Crippen LogP contribution >= 0.6 is 11.8 Å². The number of nitro groups is 1. The van der Waals surface area contributed by atoms with E-state index in [1.54, 1.807) is 24.3 Å². The minimum absolute atomic E-state index is 0.149. The van der Waals surface area contributed by atoms with Gasteiger partial charge in [0.15, 0.2) is 0 Å². The van der Waals surface area contributed by atoms with Gasteiger partial charge in [0, 0.05) is 55.8 Å². The molecule has 0 aromatic heterocycles. The molecule has 0 bridgehead atoms. The fourth-order valence-corrected chi connectivity index (χ4v) is 3.78. The molecule has 1 saturated heterocycles. The highest BCUT2D eigenvalue weighted by Gasteiger charge is 2.19. The molecule has 2 aromatic rings. The van der Waals surface area contributed by atoms with Crippen LogP contribution in [-0.2, 0) is 0 Å². The number of hydrogen-bond acceptors (Lipinski definition) is 6. The first-order chi connectivity index (χ1) is 14.5. The van der Waals surface area contributed by atoms with E-state index in [1.807, 2.05) is 13.8 Å². The molecule has 2 N–H and O–H groups in total. The van der Waals surface area contributed by atoms with Gasteiger partial charge in [-0.15, -0.1) is 0 Å². The molecule has 0 atom stereocenters. The highest BCUT2D eigenvalue weighted by molar-refractivity contribution is 7.99. The fraction of sp³-hybridized carbons (Fsp3) is 0.381. The highest BCUT2D eigenvalue weighted by Crippen LogP contribution is 2.35. The van der Waals surface area contributed by atoms with Gasteiger partial charge in [0.25, 0.3) is 11.6 Å². The zero-order chi connectivity index (χ0) is 21.9. The molecule has 0 radical (unpaired) electrons. The van der Waals surface area contributed by atoms with Gasteiger partial charge in [-0.05, 0) is 36.4 Å². The molecule has 162 valence electrons. The van der Waals surface area contributed by atoms with Crippen molar-refractivity contribution in [3.8, 4) is 0 Å². The Morgan fingerprint density at radius 2 is 1.87 bits per heavy atom. The molecule has 1 aliphatic rings. The summed E-state index contributed by atoms with van der Waals surface area (Å²) in [6.07, 6.45) is 0. The van der Waals surface area contributed by atoms with E-state index in [-0.39, 0.29) is 23.0 Å². The summed E-state index contributed by atoms with van der Waals surface area (Å²) in [4.78, 5) is 26.6. The Hall–Kier alpha value is -2.49. The van der Waals surface area contributed by atoms with Crippen LogP contribution in [0.15, 0.2) is 52.3 Å². The maximum atomic E-state index is 13.0. The highest BCUT2D eigenvalue weighted by atomic mass is 32.2. The van der Waals surface area contributed by atoms with E-state index >= 15 is 0 Å². The van der Waals surface area contributed by atoms with Crippen molar-refractivity contribution in [3.63, 3.8) is 0 Å². The van der Waals surface area contributed by atoms with E-state index in [2.05, 4.69) is 15.5 Å². The Morgan fingerprint density at radius 3 is 2.50 bits per heavy atom. The van der Waals surface area contributed by atoms with Gasteiger partial charge in [0.1, 0.15) is 5.82 Å². The van der Waals surface area contributed by atoms with Crippen molar-refractivity contribution in [2.24, 2.45) is 0 Å². The van der Waals surface area contributed by atoms with Crippen molar-refractivity contribution >= 4 is 23.4 Å². The lowest BCUT2D eigenvalue weighted by atomic mass is 10.2. The van der Waals surface area contributed by atoms with Crippen LogP contribution in [0.5, 0.6) is 0 Å². The summed E-state index contributed by atoms with van der Waals surface area (Å²) in [6, 6.07) is 10.1. The van der Waals surface area contributed by atoms with Gasteiger partial charge in [-0.1, -0.05) is 25.6 Å². The molecule has 0 spiro atoms. The van der Waals surface area contributed by atoms with Crippen molar-refractivity contribution in [1.82, 2.24) is 15.5 Å². The van der Waals surface area contributed by atoms with Gasteiger partial charge in [0.05, 0.1) is 9.82 Å². The summed E-state index contributed by atoms with van der Waals surface area (Å²) in [5.41, 5.74) is 0.0968. The van der Waals surface area contributed by atoms with E-state index in [0.717, 1.165) is 44.5 Å². The van der Waals surface area contributed by atoms with Crippen LogP contribution in [0.2, 0.25) is 0 Å². The SMILES string of the molecule is CC.O=C(NCCN1CCNCC1)c1ccc(Sc2ccc(F)cc2)c([N+](=O)[O-])c1. The number of nitrogens with one attached hydrogen (secondary N) is 2. The Balaban J connectivity index is 0.00000155. The van der Waals surface area contributed by atoms with E-state index < -0.39 is 4.92 Å². The molecule has 30 heavy (non-hydrogen) atoms. The predicted molar refractivity (Wildman–Crippen MR) is 117 cm³/mol. The maximum absolute atomic E-state index is 13.0. The molecule has 1 amide bonds. The summed E-state index contributed by atoms with van der Waals surface area (Å²) in [5.74, 6) is -0.705. The van der Waals surface area contributed by atoms with Crippen molar-refractivity contribution in [1.29, 1.82) is 0 Å². The Kier molecular flexibility index (Phi) is 9.72. The van der Waals surface area contributed by atoms with Gasteiger partial charge >= 0.3 is 0 Å². The Labute approximate surface area is 180 Å². The predicted octanol–water partition coefficient (Wildman–Crippen LogP) is 3.55. The van der Waals surface area contributed by atoms with E-state index in [4.69, 9.17) is 0 Å². The molecule has 0 unspecified atom stereocenters. The number of carbonyl (C=O) groups is 1. The van der Waals surface area contributed by atoms with Gasteiger partial charge in [-0.2, -0.15) is 0 Å². The second-order valence-corrected chi connectivity index (χ2v) is 7.46. The van der Waals surface area contributed by atoms with Crippen molar-refractivity contribution in [3.05, 3.63) is 64.0 Å². The standard InChI is InChI=1S/C19H21FN4O3S.C2H6/c20-15-2-4-16(5-3-15)28-18-6-1-14(13-17(18)24(26)27)19(25)22-9-12-23-10-7-21-8-11-23;1-2/h1-6,13,21H,7-12H2,(H,22,25);1-2H3.